The third-order valence-electron chi connectivity index (χ3n) is 4.18. The number of rotatable bonds is 5. The molecule has 0 fully saturated rings. The van der Waals surface area contributed by atoms with Gasteiger partial charge in [0.1, 0.15) is 0 Å². The topological polar surface area (TPSA) is 67.6 Å². The number of hydrogen-bond donors (Lipinski definition) is 0. The minimum Gasteiger partial charge on any atom is -0.461 e. The second-order valence-corrected chi connectivity index (χ2v) is 6.95. The van der Waals surface area contributed by atoms with E-state index in [9.17, 15) is 0 Å². The Hall–Kier alpha value is -3.30. The van der Waals surface area contributed by atoms with Gasteiger partial charge in [0.15, 0.2) is 10.9 Å². The van der Waals surface area contributed by atoms with E-state index in [1.165, 1.54) is 0 Å². The molecule has 0 aliphatic rings. The van der Waals surface area contributed by atoms with E-state index < -0.39 is 0 Å². The summed E-state index contributed by atoms with van der Waals surface area (Å²) in [5.41, 5.74) is 3.94. The molecular formula is C21H16N4OS. The molecule has 0 amide bonds. The summed E-state index contributed by atoms with van der Waals surface area (Å²) in [7, 11) is 0. The maximum Gasteiger partial charge on any atom is 0.205 e. The number of aryl methyl sites for hydroxylation is 1. The van der Waals surface area contributed by atoms with Crippen LogP contribution in [0.25, 0.3) is 17.3 Å². The molecule has 6 heteroatoms. The van der Waals surface area contributed by atoms with Crippen molar-refractivity contribution in [3.05, 3.63) is 83.6 Å². The first-order valence-corrected chi connectivity index (χ1v) is 9.42. The average Bonchev–Trinajstić information content (AvgIpc) is 3.37. The Morgan fingerprint density at radius 2 is 1.85 bits per heavy atom. The van der Waals surface area contributed by atoms with Gasteiger partial charge < -0.3 is 4.42 Å². The van der Waals surface area contributed by atoms with Crippen LogP contribution in [0.1, 0.15) is 16.7 Å². The molecule has 132 valence electrons. The Morgan fingerprint density at radius 3 is 2.56 bits per heavy atom. The zero-order valence-electron chi connectivity index (χ0n) is 14.7. The molecule has 2 aromatic heterocycles. The molecule has 0 aliphatic carbocycles. The van der Waals surface area contributed by atoms with Crippen molar-refractivity contribution in [2.45, 2.75) is 17.8 Å². The van der Waals surface area contributed by atoms with Gasteiger partial charge in [0.25, 0.3) is 0 Å². The Morgan fingerprint density at radius 1 is 1.04 bits per heavy atom. The molecule has 0 bridgehead atoms. The van der Waals surface area contributed by atoms with Crippen LogP contribution in [0.3, 0.4) is 0 Å². The molecule has 4 rings (SSSR count). The van der Waals surface area contributed by atoms with Crippen molar-refractivity contribution in [1.82, 2.24) is 14.8 Å². The van der Waals surface area contributed by atoms with Crippen LogP contribution in [0.2, 0.25) is 0 Å². The molecule has 2 aromatic carbocycles. The maximum absolute atomic E-state index is 8.93. The van der Waals surface area contributed by atoms with Crippen molar-refractivity contribution in [3.63, 3.8) is 0 Å². The lowest BCUT2D eigenvalue weighted by atomic mass is 10.2. The lowest BCUT2D eigenvalue weighted by Crippen LogP contribution is -2.01. The zero-order valence-corrected chi connectivity index (χ0v) is 15.5. The lowest BCUT2D eigenvalue weighted by Gasteiger charge is -2.11. The van der Waals surface area contributed by atoms with Gasteiger partial charge in [-0.1, -0.05) is 42.1 Å². The van der Waals surface area contributed by atoms with Crippen molar-refractivity contribution in [2.24, 2.45) is 0 Å². The number of furan rings is 1. The van der Waals surface area contributed by atoms with Crippen LogP contribution >= 0.6 is 11.8 Å². The van der Waals surface area contributed by atoms with Gasteiger partial charge in [-0.2, -0.15) is 5.26 Å². The SMILES string of the molecule is Cc1ccccc1-n1c(SCc2ccc(C#N)cc2)nnc1-c1ccco1. The molecule has 0 atom stereocenters. The van der Waals surface area contributed by atoms with Crippen molar-refractivity contribution >= 4 is 11.8 Å². The largest absolute Gasteiger partial charge is 0.461 e. The summed E-state index contributed by atoms with van der Waals surface area (Å²) in [6, 6.07) is 21.6. The second kappa shape index (κ2) is 7.52. The maximum atomic E-state index is 8.93. The number of nitrogens with zero attached hydrogens (tertiary/aromatic N) is 4. The predicted octanol–water partition coefficient (Wildman–Crippen LogP) is 5.00. The molecule has 27 heavy (non-hydrogen) atoms. The molecule has 0 saturated carbocycles. The van der Waals surface area contributed by atoms with Crippen LogP contribution in [0.4, 0.5) is 0 Å². The van der Waals surface area contributed by atoms with Crippen LogP contribution in [-0.4, -0.2) is 14.8 Å². The number of para-hydroxylation sites is 1. The number of benzene rings is 2. The standard InChI is InChI=1S/C21H16N4OS/c1-15-5-2-3-6-18(15)25-20(19-7-4-12-26-19)23-24-21(25)27-14-17-10-8-16(13-22)9-11-17/h2-12H,14H2,1H3. The molecule has 0 unspecified atom stereocenters. The summed E-state index contributed by atoms with van der Waals surface area (Å²) in [6.07, 6.45) is 1.63. The Labute approximate surface area is 161 Å². The van der Waals surface area contributed by atoms with Crippen LogP contribution in [-0.2, 0) is 5.75 Å². The molecule has 0 radical (unpaired) electrons. The van der Waals surface area contributed by atoms with Crippen molar-refractivity contribution in [2.75, 3.05) is 0 Å². The van der Waals surface area contributed by atoms with E-state index in [4.69, 9.17) is 9.68 Å². The van der Waals surface area contributed by atoms with Crippen molar-refractivity contribution in [1.29, 1.82) is 5.26 Å². The highest BCUT2D eigenvalue weighted by molar-refractivity contribution is 7.98. The third-order valence-corrected chi connectivity index (χ3v) is 5.18. The van der Waals surface area contributed by atoms with E-state index in [1.807, 2.05) is 53.1 Å². The van der Waals surface area contributed by atoms with Gasteiger partial charge in [-0.3, -0.25) is 4.57 Å². The normalized spacial score (nSPS) is 10.7. The first-order chi connectivity index (χ1) is 13.3. The fraction of sp³-hybridized carbons (Fsp3) is 0.0952. The Bertz CT molecular complexity index is 1090. The van der Waals surface area contributed by atoms with Crippen LogP contribution < -0.4 is 0 Å². The van der Waals surface area contributed by atoms with Crippen molar-refractivity contribution < 1.29 is 4.42 Å². The van der Waals surface area contributed by atoms with Gasteiger partial charge in [-0.05, 0) is 48.4 Å². The van der Waals surface area contributed by atoms with Gasteiger partial charge in [-0.25, -0.2) is 0 Å². The summed E-state index contributed by atoms with van der Waals surface area (Å²) in [5.74, 6) is 2.08. The summed E-state index contributed by atoms with van der Waals surface area (Å²) < 4.78 is 7.59. The number of aromatic nitrogens is 3. The highest BCUT2D eigenvalue weighted by Gasteiger charge is 2.19. The van der Waals surface area contributed by atoms with Gasteiger partial charge in [0.2, 0.25) is 5.82 Å². The lowest BCUT2D eigenvalue weighted by molar-refractivity contribution is 0.575. The first-order valence-electron chi connectivity index (χ1n) is 8.43. The van der Waals surface area contributed by atoms with Gasteiger partial charge >= 0.3 is 0 Å². The smallest absolute Gasteiger partial charge is 0.205 e. The van der Waals surface area contributed by atoms with E-state index in [1.54, 1.807) is 18.0 Å². The molecule has 0 aliphatic heterocycles. The predicted molar refractivity (Wildman–Crippen MR) is 105 cm³/mol. The van der Waals surface area contributed by atoms with E-state index in [0.717, 1.165) is 27.7 Å². The fourth-order valence-corrected chi connectivity index (χ4v) is 3.68. The van der Waals surface area contributed by atoms with Crippen molar-refractivity contribution in [3.8, 4) is 23.3 Å². The number of thioether (sulfide) groups is 1. The third kappa shape index (κ3) is 3.50. The van der Waals surface area contributed by atoms with E-state index >= 15 is 0 Å². The first kappa shape index (κ1) is 17.1. The quantitative estimate of drug-likeness (QED) is 0.461. The highest BCUT2D eigenvalue weighted by Crippen LogP contribution is 2.31. The molecule has 2 heterocycles. The monoisotopic (exact) mass is 372 g/mol. The fourth-order valence-electron chi connectivity index (χ4n) is 2.78. The van der Waals surface area contributed by atoms with Gasteiger partial charge in [-0.15, -0.1) is 10.2 Å². The minimum absolute atomic E-state index is 0.659. The Balaban J connectivity index is 1.70. The van der Waals surface area contributed by atoms with Crippen LogP contribution in [0.15, 0.2) is 76.5 Å². The zero-order chi connectivity index (χ0) is 18.6. The van der Waals surface area contributed by atoms with Gasteiger partial charge in [0.05, 0.1) is 23.6 Å². The van der Waals surface area contributed by atoms with E-state index in [0.29, 0.717) is 17.1 Å². The highest BCUT2D eigenvalue weighted by atomic mass is 32.2. The molecule has 4 aromatic rings. The minimum atomic E-state index is 0.659. The Kier molecular flexibility index (Phi) is 4.77. The van der Waals surface area contributed by atoms with E-state index in [2.05, 4.69) is 35.3 Å². The number of hydrogen-bond acceptors (Lipinski definition) is 5. The van der Waals surface area contributed by atoms with Crippen LogP contribution in [0.5, 0.6) is 0 Å². The summed E-state index contributed by atoms with van der Waals surface area (Å²) >= 11 is 1.60. The molecule has 0 spiro atoms. The van der Waals surface area contributed by atoms with E-state index in [-0.39, 0.29) is 0 Å². The average molecular weight is 372 g/mol. The van der Waals surface area contributed by atoms with Crippen LogP contribution in [0, 0.1) is 18.3 Å². The molecule has 5 nitrogen and oxygen atoms in total. The summed E-state index contributed by atoms with van der Waals surface area (Å²) in [4.78, 5) is 0. The number of nitriles is 1. The molecule has 0 N–H and O–H groups in total. The second-order valence-electron chi connectivity index (χ2n) is 6.00. The van der Waals surface area contributed by atoms with Gasteiger partial charge in [0, 0.05) is 5.75 Å². The molecular weight excluding hydrogens is 356 g/mol. The summed E-state index contributed by atoms with van der Waals surface area (Å²) in [5, 5.41) is 18.5. The summed E-state index contributed by atoms with van der Waals surface area (Å²) in [6.45, 7) is 2.07. The molecule has 0 saturated heterocycles.